The van der Waals surface area contributed by atoms with E-state index in [0.717, 1.165) is 12.8 Å². The van der Waals surface area contributed by atoms with Crippen LogP contribution in [0.5, 0.6) is 0 Å². The highest BCUT2D eigenvalue weighted by atomic mass is 32.2. The van der Waals surface area contributed by atoms with Gasteiger partial charge in [0.05, 0.1) is 5.75 Å². The van der Waals surface area contributed by atoms with E-state index in [1.807, 2.05) is 13.8 Å². The van der Waals surface area contributed by atoms with E-state index in [9.17, 15) is 13.2 Å². The first-order chi connectivity index (χ1) is 9.46. The van der Waals surface area contributed by atoms with E-state index in [2.05, 4.69) is 5.32 Å². The van der Waals surface area contributed by atoms with Crippen molar-refractivity contribution in [1.29, 1.82) is 0 Å². The summed E-state index contributed by atoms with van der Waals surface area (Å²) in [5.41, 5.74) is 0. The molecule has 20 heavy (non-hydrogen) atoms. The number of sulfonamides is 1. The molecule has 0 radical (unpaired) electrons. The molecule has 1 heterocycles. The van der Waals surface area contributed by atoms with Crippen molar-refractivity contribution in [2.75, 3.05) is 18.9 Å². The zero-order chi connectivity index (χ0) is 15.2. The topological polar surface area (TPSA) is 86.7 Å². The maximum absolute atomic E-state index is 12.3. The van der Waals surface area contributed by atoms with Crippen LogP contribution in [-0.2, 0) is 14.8 Å². The molecule has 1 saturated heterocycles. The summed E-state index contributed by atoms with van der Waals surface area (Å²) in [7, 11) is -3.34. The molecule has 1 rings (SSSR count). The van der Waals surface area contributed by atoms with Gasteiger partial charge in [-0.05, 0) is 32.1 Å². The molecule has 0 spiro atoms. The van der Waals surface area contributed by atoms with Crippen LogP contribution >= 0.6 is 0 Å². The summed E-state index contributed by atoms with van der Waals surface area (Å²) in [5.74, 6) is -0.146. The van der Waals surface area contributed by atoms with Crippen molar-refractivity contribution < 1.29 is 18.3 Å². The molecular formula is C13H26N2O4S. The number of amides is 1. The van der Waals surface area contributed by atoms with Gasteiger partial charge in [0.25, 0.3) is 0 Å². The Morgan fingerprint density at radius 1 is 1.45 bits per heavy atom. The molecule has 0 aromatic rings. The first kappa shape index (κ1) is 17.4. The molecule has 0 aromatic heterocycles. The molecule has 0 saturated carbocycles. The Balaban J connectivity index is 2.71. The van der Waals surface area contributed by atoms with Gasteiger partial charge in [-0.15, -0.1) is 0 Å². The normalized spacial score (nSPS) is 21.9. The van der Waals surface area contributed by atoms with Crippen LogP contribution in [0.2, 0.25) is 0 Å². The second-order valence-electron chi connectivity index (χ2n) is 5.21. The van der Waals surface area contributed by atoms with Crippen molar-refractivity contribution in [3.05, 3.63) is 0 Å². The Labute approximate surface area is 121 Å². The molecule has 0 aromatic carbocycles. The van der Waals surface area contributed by atoms with Crippen LogP contribution in [0.15, 0.2) is 0 Å². The van der Waals surface area contributed by atoms with E-state index in [-0.39, 0.29) is 24.3 Å². The quantitative estimate of drug-likeness (QED) is 0.682. The van der Waals surface area contributed by atoms with Crippen molar-refractivity contribution in [2.45, 2.75) is 58.0 Å². The average Bonchev–Trinajstić information content (AvgIpc) is 2.88. The highest BCUT2D eigenvalue weighted by Crippen LogP contribution is 2.22. The number of rotatable bonds is 8. The summed E-state index contributed by atoms with van der Waals surface area (Å²) in [6, 6.07) is -0.678. The number of carbonyl (C=O) groups excluding carboxylic acids is 1. The van der Waals surface area contributed by atoms with Crippen LogP contribution in [0.4, 0.5) is 0 Å². The molecule has 7 heteroatoms. The SMILES string of the molecule is CCCS(=O)(=O)N1CCCC1C(=O)NC(CC)CCO. The van der Waals surface area contributed by atoms with Gasteiger partial charge in [-0.2, -0.15) is 4.31 Å². The molecule has 0 bridgehead atoms. The minimum absolute atomic E-state index is 0.0152. The van der Waals surface area contributed by atoms with E-state index in [1.54, 1.807) is 0 Å². The minimum Gasteiger partial charge on any atom is -0.396 e. The third-order valence-electron chi connectivity index (χ3n) is 3.64. The maximum atomic E-state index is 12.3. The van der Waals surface area contributed by atoms with E-state index in [1.165, 1.54) is 4.31 Å². The lowest BCUT2D eigenvalue weighted by atomic mass is 10.1. The first-order valence-corrected chi connectivity index (χ1v) is 8.97. The van der Waals surface area contributed by atoms with Crippen LogP contribution in [0, 0.1) is 0 Å². The Bertz CT molecular complexity index is 411. The molecule has 2 N–H and O–H groups in total. The summed E-state index contributed by atoms with van der Waals surface area (Å²) in [4.78, 5) is 12.3. The van der Waals surface area contributed by atoms with Gasteiger partial charge in [0.15, 0.2) is 0 Å². The average molecular weight is 306 g/mol. The third kappa shape index (κ3) is 4.43. The molecule has 0 aliphatic carbocycles. The predicted octanol–water partition coefficient (Wildman–Crippen LogP) is 0.468. The number of nitrogens with zero attached hydrogens (tertiary/aromatic N) is 1. The molecular weight excluding hydrogens is 280 g/mol. The Kier molecular flexibility index (Phi) is 6.91. The van der Waals surface area contributed by atoms with Crippen molar-refractivity contribution >= 4 is 15.9 Å². The van der Waals surface area contributed by atoms with Crippen LogP contribution in [0.25, 0.3) is 0 Å². The zero-order valence-electron chi connectivity index (χ0n) is 12.3. The Morgan fingerprint density at radius 2 is 2.15 bits per heavy atom. The van der Waals surface area contributed by atoms with Crippen molar-refractivity contribution in [3.8, 4) is 0 Å². The van der Waals surface area contributed by atoms with Gasteiger partial charge in [0.1, 0.15) is 6.04 Å². The fourth-order valence-electron chi connectivity index (χ4n) is 2.54. The molecule has 6 nitrogen and oxygen atoms in total. The van der Waals surface area contributed by atoms with Gasteiger partial charge in [-0.25, -0.2) is 8.42 Å². The second-order valence-corrected chi connectivity index (χ2v) is 7.25. The van der Waals surface area contributed by atoms with Crippen LogP contribution < -0.4 is 5.32 Å². The van der Waals surface area contributed by atoms with Gasteiger partial charge in [0, 0.05) is 19.2 Å². The third-order valence-corrected chi connectivity index (χ3v) is 5.72. The number of aliphatic hydroxyl groups excluding tert-OH is 1. The van der Waals surface area contributed by atoms with Crippen LogP contribution in [0.1, 0.15) is 46.0 Å². The number of hydrogen-bond donors (Lipinski definition) is 2. The second kappa shape index (κ2) is 7.95. The van der Waals surface area contributed by atoms with E-state index < -0.39 is 16.1 Å². The largest absolute Gasteiger partial charge is 0.396 e. The molecule has 1 fully saturated rings. The minimum atomic E-state index is -3.34. The number of carbonyl (C=O) groups is 1. The smallest absolute Gasteiger partial charge is 0.238 e. The molecule has 2 atom stereocenters. The summed E-state index contributed by atoms with van der Waals surface area (Å²) in [6.07, 6.45) is 3.06. The van der Waals surface area contributed by atoms with Crippen molar-refractivity contribution in [2.24, 2.45) is 0 Å². The lowest BCUT2D eigenvalue weighted by Gasteiger charge is -2.25. The number of aliphatic hydroxyl groups is 1. The summed E-state index contributed by atoms with van der Waals surface area (Å²) >= 11 is 0. The summed E-state index contributed by atoms with van der Waals surface area (Å²) in [5, 5.41) is 11.8. The van der Waals surface area contributed by atoms with Crippen molar-refractivity contribution in [3.63, 3.8) is 0 Å². The van der Waals surface area contributed by atoms with Crippen molar-refractivity contribution in [1.82, 2.24) is 9.62 Å². The molecule has 2 unspecified atom stereocenters. The van der Waals surface area contributed by atoms with Crippen LogP contribution in [0.3, 0.4) is 0 Å². The number of nitrogens with one attached hydrogen (secondary N) is 1. The van der Waals surface area contributed by atoms with Gasteiger partial charge in [0.2, 0.25) is 15.9 Å². The molecule has 118 valence electrons. The standard InChI is InChI=1S/C13H26N2O4S/c1-3-10-20(18,19)15-8-5-6-12(15)13(17)14-11(4-2)7-9-16/h11-12,16H,3-10H2,1-2H3,(H,14,17). The lowest BCUT2D eigenvalue weighted by Crippen LogP contribution is -2.49. The first-order valence-electron chi connectivity index (χ1n) is 7.37. The molecule has 1 aliphatic heterocycles. The van der Waals surface area contributed by atoms with Gasteiger partial charge < -0.3 is 10.4 Å². The summed E-state index contributed by atoms with van der Waals surface area (Å²) < 4.78 is 25.6. The predicted molar refractivity (Wildman–Crippen MR) is 77.7 cm³/mol. The highest BCUT2D eigenvalue weighted by Gasteiger charge is 2.38. The Morgan fingerprint density at radius 3 is 2.70 bits per heavy atom. The zero-order valence-corrected chi connectivity index (χ0v) is 13.2. The fourth-order valence-corrected chi connectivity index (χ4v) is 4.29. The van der Waals surface area contributed by atoms with E-state index in [0.29, 0.717) is 25.8 Å². The monoisotopic (exact) mass is 306 g/mol. The van der Waals surface area contributed by atoms with Gasteiger partial charge >= 0.3 is 0 Å². The van der Waals surface area contributed by atoms with E-state index in [4.69, 9.17) is 5.11 Å². The number of hydrogen-bond acceptors (Lipinski definition) is 4. The highest BCUT2D eigenvalue weighted by molar-refractivity contribution is 7.89. The van der Waals surface area contributed by atoms with Gasteiger partial charge in [-0.1, -0.05) is 13.8 Å². The maximum Gasteiger partial charge on any atom is 0.238 e. The van der Waals surface area contributed by atoms with E-state index >= 15 is 0 Å². The van der Waals surface area contributed by atoms with Gasteiger partial charge in [-0.3, -0.25) is 4.79 Å². The lowest BCUT2D eigenvalue weighted by molar-refractivity contribution is -0.125. The molecule has 1 amide bonds. The Hall–Kier alpha value is -0.660. The van der Waals surface area contributed by atoms with Crippen LogP contribution in [-0.4, -0.2) is 54.7 Å². The molecule has 1 aliphatic rings. The fraction of sp³-hybridized carbons (Fsp3) is 0.923. The summed E-state index contributed by atoms with van der Waals surface area (Å²) in [6.45, 7) is 4.19.